The van der Waals surface area contributed by atoms with Gasteiger partial charge in [0.1, 0.15) is 4.21 Å². The van der Waals surface area contributed by atoms with E-state index in [4.69, 9.17) is 0 Å². The van der Waals surface area contributed by atoms with Crippen LogP contribution >= 0.6 is 11.3 Å². The molecule has 1 heterocycles. The highest BCUT2D eigenvalue weighted by molar-refractivity contribution is 7.92. The SMILES string of the molecule is CCCCCC(=O)c1cc(C)ccc1NC(=O)Nc1ncc(S(C)(=O)=O)s1. The third-order valence-electron chi connectivity index (χ3n) is 3.80. The second-order valence-electron chi connectivity index (χ2n) is 6.27. The predicted octanol–water partition coefficient (Wildman–Crippen LogP) is 4.26. The maximum absolute atomic E-state index is 12.5. The molecule has 9 heteroatoms. The smallest absolute Gasteiger partial charge is 0.307 e. The van der Waals surface area contributed by atoms with Crippen LogP contribution in [0.2, 0.25) is 0 Å². The molecule has 2 aromatic rings. The second kappa shape index (κ2) is 9.09. The van der Waals surface area contributed by atoms with Crippen molar-refractivity contribution in [3.8, 4) is 0 Å². The van der Waals surface area contributed by atoms with E-state index in [-0.39, 0.29) is 15.1 Å². The Bertz CT molecular complexity index is 936. The number of benzene rings is 1. The number of carbonyl (C=O) groups excluding carboxylic acids is 2. The Morgan fingerprint density at radius 3 is 2.56 bits per heavy atom. The van der Waals surface area contributed by atoms with Gasteiger partial charge in [-0.25, -0.2) is 18.2 Å². The molecule has 0 aliphatic rings. The van der Waals surface area contributed by atoms with Crippen molar-refractivity contribution in [1.29, 1.82) is 0 Å². The summed E-state index contributed by atoms with van der Waals surface area (Å²) in [7, 11) is -3.37. The number of carbonyl (C=O) groups is 2. The van der Waals surface area contributed by atoms with Crippen LogP contribution in [-0.2, 0) is 9.84 Å². The summed E-state index contributed by atoms with van der Waals surface area (Å²) in [4.78, 5) is 28.6. The average Bonchev–Trinajstić information content (AvgIpc) is 3.05. The number of hydrogen-bond donors (Lipinski definition) is 2. The number of unbranched alkanes of at least 4 members (excludes halogenated alkanes) is 2. The summed E-state index contributed by atoms with van der Waals surface area (Å²) < 4.78 is 23.0. The summed E-state index contributed by atoms with van der Waals surface area (Å²) in [6.45, 7) is 3.96. The van der Waals surface area contributed by atoms with Gasteiger partial charge in [-0.2, -0.15) is 0 Å². The van der Waals surface area contributed by atoms with E-state index in [1.54, 1.807) is 12.1 Å². The van der Waals surface area contributed by atoms with Gasteiger partial charge in [-0.05, 0) is 25.5 Å². The fourth-order valence-corrected chi connectivity index (χ4v) is 4.04. The van der Waals surface area contributed by atoms with Crippen LogP contribution in [0, 0.1) is 6.92 Å². The molecule has 0 spiro atoms. The molecule has 27 heavy (non-hydrogen) atoms. The van der Waals surface area contributed by atoms with Crippen LogP contribution in [0.15, 0.2) is 28.6 Å². The molecule has 1 aromatic heterocycles. The van der Waals surface area contributed by atoms with Crippen LogP contribution in [0.3, 0.4) is 0 Å². The van der Waals surface area contributed by atoms with Crippen molar-refractivity contribution < 1.29 is 18.0 Å². The maximum Gasteiger partial charge on any atom is 0.325 e. The van der Waals surface area contributed by atoms with E-state index >= 15 is 0 Å². The number of nitrogens with zero attached hydrogens (tertiary/aromatic N) is 1. The van der Waals surface area contributed by atoms with Gasteiger partial charge >= 0.3 is 6.03 Å². The number of urea groups is 1. The molecular formula is C18H23N3O4S2. The quantitative estimate of drug-likeness (QED) is 0.500. The highest BCUT2D eigenvalue weighted by Gasteiger charge is 2.16. The van der Waals surface area contributed by atoms with Crippen molar-refractivity contribution >= 4 is 43.8 Å². The molecule has 0 radical (unpaired) electrons. The molecule has 0 unspecified atom stereocenters. The minimum atomic E-state index is -3.37. The van der Waals surface area contributed by atoms with Crippen LogP contribution in [0.5, 0.6) is 0 Å². The van der Waals surface area contributed by atoms with E-state index in [9.17, 15) is 18.0 Å². The predicted molar refractivity (Wildman–Crippen MR) is 108 cm³/mol. The molecular weight excluding hydrogens is 386 g/mol. The van der Waals surface area contributed by atoms with Gasteiger partial charge < -0.3 is 5.32 Å². The molecule has 0 atom stereocenters. The number of Topliss-reactive ketones (excluding diaryl/α,β-unsaturated/α-hetero) is 1. The lowest BCUT2D eigenvalue weighted by Crippen LogP contribution is -2.21. The number of rotatable bonds is 8. The average molecular weight is 410 g/mol. The number of hydrogen-bond acceptors (Lipinski definition) is 6. The Hall–Kier alpha value is -2.26. The van der Waals surface area contributed by atoms with Crippen LogP contribution in [0.4, 0.5) is 15.6 Å². The molecule has 7 nitrogen and oxygen atoms in total. The zero-order valence-electron chi connectivity index (χ0n) is 15.5. The van der Waals surface area contributed by atoms with Gasteiger partial charge in [0, 0.05) is 18.2 Å². The molecule has 0 bridgehead atoms. The number of nitrogens with one attached hydrogen (secondary N) is 2. The van der Waals surface area contributed by atoms with Crippen LogP contribution in [0.1, 0.15) is 48.5 Å². The highest BCUT2D eigenvalue weighted by Crippen LogP contribution is 2.24. The van der Waals surface area contributed by atoms with Gasteiger partial charge in [-0.3, -0.25) is 10.1 Å². The molecule has 2 amide bonds. The number of anilines is 2. The largest absolute Gasteiger partial charge is 0.325 e. The summed E-state index contributed by atoms with van der Waals surface area (Å²) in [6.07, 6.45) is 5.52. The van der Waals surface area contributed by atoms with Gasteiger partial charge in [0.05, 0.1) is 11.9 Å². The summed E-state index contributed by atoms with van der Waals surface area (Å²) in [6, 6.07) is 4.67. The topological polar surface area (TPSA) is 105 Å². The van der Waals surface area contributed by atoms with E-state index in [2.05, 4.69) is 22.5 Å². The highest BCUT2D eigenvalue weighted by atomic mass is 32.2. The zero-order chi connectivity index (χ0) is 20.0. The van der Waals surface area contributed by atoms with Crippen molar-refractivity contribution in [2.45, 2.75) is 43.7 Å². The molecule has 0 aliphatic heterocycles. The van der Waals surface area contributed by atoms with Crippen LogP contribution in [0.25, 0.3) is 0 Å². The van der Waals surface area contributed by atoms with E-state index in [1.807, 2.05) is 13.0 Å². The monoisotopic (exact) mass is 409 g/mol. The van der Waals surface area contributed by atoms with E-state index in [1.165, 1.54) is 6.20 Å². The summed E-state index contributed by atoms with van der Waals surface area (Å²) in [5.74, 6) is -0.0175. The molecule has 0 fully saturated rings. The first-order valence-electron chi connectivity index (χ1n) is 8.58. The summed E-state index contributed by atoms with van der Waals surface area (Å²) >= 11 is 0.867. The minimum Gasteiger partial charge on any atom is -0.307 e. The van der Waals surface area contributed by atoms with Gasteiger partial charge in [-0.1, -0.05) is 42.7 Å². The number of aryl methyl sites for hydroxylation is 1. The molecule has 2 N–H and O–H groups in total. The van der Waals surface area contributed by atoms with Crippen molar-refractivity contribution in [2.75, 3.05) is 16.9 Å². The fourth-order valence-electron chi connectivity index (χ4n) is 2.41. The normalized spacial score (nSPS) is 11.2. The Labute approximate surface area is 163 Å². The molecule has 146 valence electrons. The third kappa shape index (κ3) is 6.14. The standard InChI is InChI=1S/C18H23N3O4S2/c1-4-5-6-7-15(22)13-10-12(2)8-9-14(13)20-17(23)21-18-19-11-16(26-18)27(3,24)25/h8-11H,4-7H2,1-3H3,(H2,19,20,21,23). The van der Waals surface area contributed by atoms with E-state index in [0.717, 1.165) is 42.4 Å². The van der Waals surface area contributed by atoms with Gasteiger partial charge in [0.25, 0.3) is 0 Å². The first-order valence-corrected chi connectivity index (χ1v) is 11.3. The van der Waals surface area contributed by atoms with E-state index < -0.39 is 15.9 Å². The number of aromatic nitrogens is 1. The van der Waals surface area contributed by atoms with Gasteiger partial charge in [0.2, 0.25) is 0 Å². The Balaban J connectivity index is 2.10. The van der Waals surface area contributed by atoms with Crippen LogP contribution < -0.4 is 10.6 Å². The minimum absolute atomic E-state index is 0.0175. The number of thiazole rings is 1. The molecule has 0 saturated carbocycles. The molecule has 1 aromatic carbocycles. The van der Waals surface area contributed by atoms with Crippen molar-refractivity contribution in [3.63, 3.8) is 0 Å². The Morgan fingerprint density at radius 2 is 1.93 bits per heavy atom. The van der Waals surface area contributed by atoms with Crippen molar-refractivity contribution in [1.82, 2.24) is 4.98 Å². The van der Waals surface area contributed by atoms with Crippen LogP contribution in [-0.4, -0.2) is 31.5 Å². The maximum atomic E-state index is 12.5. The fraction of sp³-hybridized carbons (Fsp3) is 0.389. The Kier molecular flexibility index (Phi) is 7.09. The first kappa shape index (κ1) is 21.0. The summed E-state index contributed by atoms with van der Waals surface area (Å²) in [5, 5.41) is 5.31. The van der Waals surface area contributed by atoms with Crippen molar-refractivity contribution in [2.24, 2.45) is 0 Å². The second-order valence-corrected chi connectivity index (χ2v) is 9.54. The molecule has 0 aliphatic carbocycles. The number of amides is 2. The van der Waals surface area contributed by atoms with Gasteiger partial charge in [0.15, 0.2) is 20.8 Å². The molecule has 0 saturated heterocycles. The van der Waals surface area contributed by atoms with Gasteiger partial charge in [-0.15, -0.1) is 0 Å². The molecule has 2 rings (SSSR count). The van der Waals surface area contributed by atoms with E-state index in [0.29, 0.717) is 17.7 Å². The Morgan fingerprint density at radius 1 is 1.19 bits per heavy atom. The lowest BCUT2D eigenvalue weighted by molar-refractivity contribution is 0.0980. The lowest BCUT2D eigenvalue weighted by Gasteiger charge is -2.11. The lowest BCUT2D eigenvalue weighted by atomic mass is 10.0. The van der Waals surface area contributed by atoms with Crippen molar-refractivity contribution in [3.05, 3.63) is 35.5 Å². The number of sulfone groups is 1. The third-order valence-corrected chi connectivity index (χ3v) is 6.50. The first-order chi connectivity index (χ1) is 12.7. The summed E-state index contributed by atoms with van der Waals surface area (Å²) in [5.41, 5.74) is 1.81. The number of ketones is 1. The zero-order valence-corrected chi connectivity index (χ0v) is 17.2.